The third-order valence-electron chi connectivity index (χ3n) is 3.94. The second-order valence-electron chi connectivity index (χ2n) is 5.76. The number of morpholine rings is 1. The monoisotopic (exact) mass is 373 g/mol. The van der Waals surface area contributed by atoms with Crippen molar-refractivity contribution in [1.82, 2.24) is 15.5 Å². The van der Waals surface area contributed by atoms with Crippen molar-refractivity contribution in [2.45, 2.75) is 19.4 Å². The van der Waals surface area contributed by atoms with Crippen LogP contribution < -0.4 is 10.6 Å². The summed E-state index contributed by atoms with van der Waals surface area (Å²) >= 11 is 12.3. The molecule has 134 valence electrons. The normalized spacial score (nSPS) is 16.8. The van der Waals surface area contributed by atoms with Crippen LogP contribution in [0.4, 0.5) is 0 Å². The molecule has 1 unspecified atom stereocenters. The lowest BCUT2D eigenvalue weighted by Crippen LogP contribution is -2.46. The zero-order chi connectivity index (χ0) is 17.4. The Hall–Kier alpha value is -0.850. The van der Waals surface area contributed by atoms with E-state index in [-0.39, 0.29) is 5.91 Å². The number of nitrogens with one attached hydrogen (secondary N) is 2. The summed E-state index contributed by atoms with van der Waals surface area (Å²) in [4.78, 5) is 14.9. The van der Waals surface area contributed by atoms with Crippen LogP contribution in [0.5, 0.6) is 0 Å². The Bertz CT molecular complexity index is 537. The second-order valence-corrected chi connectivity index (χ2v) is 6.60. The summed E-state index contributed by atoms with van der Waals surface area (Å²) in [5.41, 5.74) is 0.780. The fourth-order valence-electron chi connectivity index (χ4n) is 2.74. The lowest BCUT2D eigenvalue weighted by molar-refractivity contribution is -0.128. The first-order chi connectivity index (χ1) is 11.6. The van der Waals surface area contributed by atoms with Crippen LogP contribution in [-0.2, 0) is 9.53 Å². The molecule has 1 saturated heterocycles. The molecule has 24 heavy (non-hydrogen) atoms. The van der Waals surface area contributed by atoms with E-state index in [9.17, 15) is 4.79 Å². The molecular weight excluding hydrogens is 349 g/mol. The standard InChI is InChI=1S/C17H25Cl2N3O2/c1-2-5-20-6-7-21-17(23)16(22-8-10-24-11-9-22)14-4-3-13(18)12-15(14)19/h3-4,12,16,20H,2,5-11H2,1H3,(H,21,23). The maximum Gasteiger partial charge on any atom is 0.242 e. The number of halogens is 2. The largest absolute Gasteiger partial charge is 0.379 e. The number of nitrogens with zero attached hydrogens (tertiary/aromatic N) is 1. The number of hydrogen-bond donors (Lipinski definition) is 2. The van der Waals surface area contributed by atoms with Gasteiger partial charge in [0.1, 0.15) is 6.04 Å². The van der Waals surface area contributed by atoms with E-state index < -0.39 is 6.04 Å². The molecule has 1 aliphatic rings. The van der Waals surface area contributed by atoms with Crippen molar-refractivity contribution in [1.29, 1.82) is 0 Å². The molecule has 1 heterocycles. The highest BCUT2D eigenvalue weighted by molar-refractivity contribution is 6.35. The lowest BCUT2D eigenvalue weighted by atomic mass is 10.0. The van der Waals surface area contributed by atoms with Crippen LogP contribution in [0.15, 0.2) is 18.2 Å². The van der Waals surface area contributed by atoms with Gasteiger partial charge in [-0.3, -0.25) is 9.69 Å². The maximum absolute atomic E-state index is 12.8. The molecule has 1 aromatic rings. The highest BCUT2D eigenvalue weighted by Crippen LogP contribution is 2.30. The summed E-state index contributed by atoms with van der Waals surface area (Å²) in [5.74, 6) is -0.0422. The van der Waals surface area contributed by atoms with Gasteiger partial charge in [0.05, 0.1) is 13.2 Å². The fraction of sp³-hybridized carbons (Fsp3) is 0.588. The van der Waals surface area contributed by atoms with Crippen LogP contribution in [0.3, 0.4) is 0 Å². The van der Waals surface area contributed by atoms with Gasteiger partial charge in [-0.05, 0) is 30.7 Å². The minimum absolute atomic E-state index is 0.0422. The predicted molar refractivity (Wildman–Crippen MR) is 97.8 cm³/mol. The Morgan fingerprint density at radius 3 is 2.67 bits per heavy atom. The summed E-state index contributed by atoms with van der Waals surface area (Å²) in [7, 11) is 0. The van der Waals surface area contributed by atoms with Gasteiger partial charge in [0, 0.05) is 36.2 Å². The number of hydrogen-bond acceptors (Lipinski definition) is 4. The third kappa shape index (κ3) is 5.60. The predicted octanol–water partition coefficient (Wildman–Crippen LogP) is 2.48. The van der Waals surface area contributed by atoms with Gasteiger partial charge in [-0.25, -0.2) is 0 Å². The van der Waals surface area contributed by atoms with E-state index in [4.69, 9.17) is 27.9 Å². The lowest BCUT2D eigenvalue weighted by Gasteiger charge is -2.34. The molecule has 1 aromatic carbocycles. The Morgan fingerprint density at radius 2 is 2.00 bits per heavy atom. The van der Waals surface area contributed by atoms with E-state index in [0.29, 0.717) is 42.9 Å². The number of carbonyl (C=O) groups is 1. The summed E-state index contributed by atoms with van der Waals surface area (Å²) in [6, 6.07) is 4.86. The molecule has 1 aliphatic heterocycles. The van der Waals surface area contributed by atoms with E-state index in [2.05, 4.69) is 22.5 Å². The molecule has 0 aromatic heterocycles. The van der Waals surface area contributed by atoms with Crippen molar-refractivity contribution in [3.05, 3.63) is 33.8 Å². The molecular formula is C17H25Cl2N3O2. The Labute approximate surface area is 153 Å². The molecule has 0 saturated carbocycles. The van der Waals surface area contributed by atoms with Crippen LogP contribution in [0.2, 0.25) is 10.0 Å². The van der Waals surface area contributed by atoms with Gasteiger partial charge in [-0.1, -0.05) is 36.2 Å². The minimum Gasteiger partial charge on any atom is -0.379 e. The molecule has 1 atom stereocenters. The minimum atomic E-state index is -0.426. The average Bonchev–Trinajstić information content (AvgIpc) is 2.58. The summed E-state index contributed by atoms with van der Waals surface area (Å²) in [5, 5.41) is 7.36. The first-order valence-corrected chi connectivity index (χ1v) is 9.14. The van der Waals surface area contributed by atoms with Crippen molar-refractivity contribution in [3.8, 4) is 0 Å². The van der Waals surface area contributed by atoms with Crippen molar-refractivity contribution in [2.75, 3.05) is 45.9 Å². The van der Waals surface area contributed by atoms with Gasteiger partial charge in [0.15, 0.2) is 0 Å². The summed E-state index contributed by atoms with van der Waals surface area (Å²) < 4.78 is 5.40. The molecule has 1 fully saturated rings. The summed E-state index contributed by atoms with van der Waals surface area (Å²) in [6.45, 7) is 7.04. The molecule has 5 nitrogen and oxygen atoms in total. The molecule has 0 spiro atoms. The number of benzene rings is 1. The first kappa shape index (κ1) is 19.5. The van der Waals surface area contributed by atoms with E-state index in [1.165, 1.54) is 0 Å². The number of carbonyl (C=O) groups excluding carboxylic acids is 1. The van der Waals surface area contributed by atoms with Crippen LogP contribution in [0.25, 0.3) is 0 Å². The zero-order valence-electron chi connectivity index (χ0n) is 14.0. The Kier molecular flexibility index (Phi) is 8.29. The van der Waals surface area contributed by atoms with E-state index in [1.54, 1.807) is 12.1 Å². The Morgan fingerprint density at radius 1 is 1.25 bits per heavy atom. The van der Waals surface area contributed by atoms with Crippen molar-refractivity contribution < 1.29 is 9.53 Å². The fourth-order valence-corrected chi connectivity index (χ4v) is 3.25. The van der Waals surface area contributed by atoms with Crippen molar-refractivity contribution in [3.63, 3.8) is 0 Å². The smallest absolute Gasteiger partial charge is 0.242 e. The quantitative estimate of drug-likeness (QED) is 0.687. The number of ether oxygens (including phenoxy) is 1. The number of amides is 1. The van der Waals surface area contributed by atoms with Gasteiger partial charge in [-0.2, -0.15) is 0 Å². The maximum atomic E-state index is 12.8. The molecule has 0 bridgehead atoms. The van der Waals surface area contributed by atoms with E-state index in [0.717, 1.165) is 25.1 Å². The van der Waals surface area contributed by atoms with E-state index in [1.807, 2.05) is 6.07 Å². The van der Waals surface area contributed by atoms with Crippen LogP contribution >= 0.6 is 23.2 Å². The van der Waals surface area contributed by atoms with Gasteiger partial charge in [-0.15, -0.1) is 0 Å². The second kappa shape index (κ2) is 10.2. The van der Waals surface area contributed by atoms with Gasteiger partial charge in [0.25, 0.3) is 0 Å². The molecule has 2 rings (SSSR count). The highest BCUT2D eigenvalue weighted by Gasteiger charge is 2.30. The van der Waals surface area contributed by atoms with Crippen LogP contribution in [0, 0.1) is 0 Å². The molecule has 7 heteroatoms. The number of rotatable bonds is 8. The Balaban J connectivity index is 2.08. The average molecular weight is 374 g/mol. The van der Waals surface area contributed by atoms with Gasteiger partial charge >= 0.3 is 0 Å². The van der Waals surface area contributed by atoms with E-state index >= 15 is 0 Å². The highest BCUT2D eigenvalue weighted by atomic mass is 35.5. The molecule has 2 N–H and O–H groups in total. The van der Waals surface area contributed by atoms with Crippen molar-refractivity contribution in [2.24, 2.45) is 0 Å². The molecule has 0 aliphatic carbocycles. The zero-order valence-corrected chi connectivity index (χ0v) is 15.5. The van der Waals surface area contributed by atoms with Crippen LogP contribution in [0.1, 0.15) is 24.9 Å². The molecule has 0 radical (unpaired) electrons. The topological polar surface area (TPSA) is 53.6 Å². The van der Waals surface area contributed by atoms with Crippen molar-refractivity contribution >= 4 is 29.1 Å². The third-order valence-corrected chi connectivity index (χ3v) is 4.51. The molecule has 1 amide bonds. The first-order valence-electron chi connectivity index (χ1n) is 8.38. The summed E-state index contributed by atoms with van der Waals surface area (Å²) in [6.07, 6.45) is 1.07. The van der Waals surface area contributed by atoms with Gasteiger partial charge < -0.3 is 15.4 Å². The van der Waals surface area contributed by atoms with Crippen LogP contribution in [-0.4, -0.2) is 56.7 Å². The van der Waals surface area contributed by atoms with Gasteiger partial charge in [0.2, 0.25) is 5.91 Å². The SMILES string of the molecule is CCCNCCNC(=O)C(c1ccc(Cl)cc1Cl)N1CCOCC1.